The molecule has 0 heterocycles. The van der Waals surface area contributed by atoms with Gasteiger partial charge in [-0.1, -0.05) is 6.07 Å². The number of rotatable bonds is 4. The monoisotopic (exact) mass is 212 g/mol. The average Bonchev–Trinajstić information content (AvgIpc) is 2.15. The molecule has 1 aromatic carbocycles. The molecule has 2 atom stereocenters. The number of phenols is 1. The van der Waals surface area contributed by atoms with E-state index in [4.69, 9.17) is 5.11 Å². The summed E-state index contributed by atoms with van der Waals surface area (Å²) >= 11 is 0. The second-order valence-electron chi connectivity index (χ2n) is 3.63. The number of aliphatic hydroxyl groups is 3. The van der Waals surface area contributed by atoms with Crippen LogP contribution < -0.4 is 0 Å². The minimum absolute atomic E-state index is 0.0558. The van der Waals surface area contributed by atoms with Crippen molar-refractivity contribution in [2.24, 2.45) is 0 Å². The van der Waals surface area contributed by atoms with E-state index in [9.17, 15) is 15.3 Å². The zero-order valence-corrected chi connectivity index (χ0v) is 8.59. The van der Waals surface area contributed by atoms with Crippen molar-refractivity contribution in [3.8, 4) is 5.75 Å². The summed E-state index contributed by atoms with van der Waals surface area (Å²) in [6.07, 6.45) is -1.99. The van der Waals surface area contributed by atoms with Crippen LogP contribution in [0.4, 0.5) is 0 Å². The summed E-state index contributed by atoms with van der Waals surface area (Å²) in [5, 5.41) is 37.1. The van der Waals surface area contributed by atoms with Crippen molar-refractivity contribution in [2.75, 3.05) is 6.61 Å². The maximum atomic E-state index is 9.70. The number of aryl methyl sites for hydroxylation is 1. The topological polar surface area (TPSA) is 80.9 Å². The molecule has 1 aromatic rings. The van der Waals surface area contributed by atoms with E-state index in [1.807, 2.05) is 0 Å². The van der Waals surface area contributed by atoms with Gasteiger partial charge in [-0.05, 0) is 36.6 Å². The Hall–Kier alpha value is -1.10. The highest BCUT2D eigenvalue weighted by atomic mass is 16.3. The predicted molar refractivity (Wildman–Crippen MR) is 55.5 cm³/mol. The summed E-state index contributed by atoms with van der Waals surface area (Å²) in [7, 11) is 0. The van der Waals surface area contributed by atoms with Crippen LogP contribution in [0.25, 0.3) is 0 Å². The third kappa shape index (κ3) is 3.20. The Balaban J connectivity index is 2.85. The van der Waals surface area contributed by atoms with Crippen molar-refractivity contribution in [3.63, 3.8) is 0 Å². The first-order valence-electron chi connectivity index (χ1n) is 4.82. The summed E-state index contributed by atoms with van der Waals surface area (Å²) in [4.78, 5) is 0. The third-order valence-corrected chi connectivity index (χ3v) is 2.22. The molecule has 4 nitrogen and oxygen atoms in total. The fraction of sp³-hybridized carbons (Fsp3) is 0.455. The molecule has 0 aromatic heterocycles. The SMILES string of the molecule is Cc1cc(O)cc(C(O)C(O)CCO)c1. The Labute approximate surface area is 88.4 Å². The molecule has 84 valence electrons. The second-order valence-corrected chi connectivity index (χ2v) is 3.63. The van der Waals surface area contributed by atoms with Gasteiger partial charge in [0.15, 0.2) is 0 Å². The van der Waals surface area contributed by atoms with Crippen molar-refractivity contribution in [2.45, 2.75) is 25.6 Å². The highest BCUT2D eigenvalue weighted by Crippen LogP contribution is 2.24. The molecule has 15 heavy (non-hydrogen) atoms. The van der Waals surface area contributed by atoms with Gasteiger partial charge < -0.3 is 20.4 Å². The maximum Gasteiger partial charge on any atom is 0.116 e. The molecule has 0 amide bonds. The van der Waals surface area contributed by atoms with Crippen LogP contribution in [-0.4, -0.2) is 33.1 Å². The van der Waals surface area contributed by atoms with Gasteiger partial charge in [-0.25, -0.2) is 0 Å². The van der Waals surface area contributed by atoms with Crippen LogP contribution in [0.15, 0.2) is 18.2 Å². The minimum Gasteiger partial charge on any atom is -0.508 e. The fourth-order valence-electron chi connectivity index (χ4n) is 1.47. The largest absolute Gasteiger partial charge is 0.508 e. The Morgan fingerprint density at radius 1 is 1.20 bits per heavy atom. The Bertz CT molecular complexity index is 304. The number of phenolic OH excluding ortho intramolecular Hbond substituents is 1. The Morgan fingerprint density at radius 2 is 1.87 bits per heavy atom. The van der Waals surface area contributed by atoms with Gasteiger partial charge in [-0.3, -0.25) is 0 Å². The van der Waals surface area contributed by atoms with Gasteiger partial charge in [-0.2, -0.15) is 0 Å². The lowest BCUT2D eigenvalue weighted by atomic mass is 10.0. The van der Waals surface area contributed by atoms with E-state index < -0.39 is 12.2 Å². The number of aliphatic hydroxyl groups excluding tert-OH is 3. The number of aromatic hydroxyl groups is 1. The van der Waals surface area contributed by atoms with Gasteiger partial charge in [-0.15, -0.1) is 0 Å². The van der Waals surface area contributed by atoms with E-state index in [-0.39, 0.29) is 18.8 Å². The van der Waals surface area contributed by atoms with Gasteiger partial charge in [0.1, 0.15) is 11.9 Å². The van der Waals surface area contributed by atoms with Gasteiger partial charge >= 0.3 is 0 Å². The van der Waals surface area contributed by atoms with E-state index in [0.29, 0.717) is 5.56 Å². The lowest BCUT2D eigenvalue weighted by Crippen LogP contribution is -2.19. The van der Waals surface area contributed by atoms with E-state index in [2.05, 4.69) is 0 Å². The molecule has 0 fully saturated rings. The summed E-state index contributed by atoms with van der Waals surface area (Å²) in [6.45, 7) is 1.60. The van der Waals surface area contributed by atoms with E-state index >= 15 is 0 Å². The number of benzene rings is 1. The van der Waals surface area contributed by atoms with Gasteiger partial charge in [0.25, 0.3) is 0 Å². The lowest BCUT2D eigenvalue weighted by molar-refractivity contribution is 0.00411. The van der Waals surface area contributed by atoms with Crippen LogP contribution >= 0.6 is 0 Å². The molecule has 4 N–H and O–H groups in total. The molecule has 4 heteroatoms. The highest BCUT2D eigenvalue weighted by molar-refractivity contribution is 5.34. The molecular formula is C11H16O4. The lowest BCUT2D eigenvalue weighted by Gasteiger charge is -2.17. The molecule has 0 aliphatic heterocycles. The van der Waals surface area contributed by atoms with Crippen LogP contribution in [0.3, 0.4) is 0 Å². The molecule has 0 aliphatic rings. The maximum absolute atomic E-state index is 9.70. The zero-order chi connectivity index (χ0) is 11.4. The standard InChI is InChI=1S/C11H16O4/c1-7-4-8(6-9(13)5-7)11(15)10(14)2-3-12/h4-6,10-15H,2-3H2,1H3. The molecule has 2 unspecified atom stereocenters. The first kappa shape index (κ1) is 12.0. The first-order valence-corrected chi connectivity index (χ1v) is 4.82. The van der Waals surface area contributed by atoms with Crippen molar-refractivity contribution < 1.29 is 20.4 Å². The van der Waals surface area contributed by atoms with Crippen molar-refractivity contribution in [1.82, 2.24) is 0 Å². The van der Waals surface area contributed by atoms with E-state index in [0.717, 1.165) is 5.56 Å². The van der Waals surface area contributed by atoms with Crippen LogP contribution in [0.2, 0.25) is 0 Å². The van der Waals surface area contributed by atoms with Crippen LogP contribution in [-0.2, 0) is 0 Å². The van der Waals surface area contributed by atoms with Crippen LogP contribution in [0.1, 0.15) is 23.7 Å². The fourth-order valence-corrected chi connectivity index (χ4v) is 1.47. The summed E-state index contributed by atoms with van der Waals surface area (Å²) < 4.78 is 0. The van der Waals surface area contributed by atoms with Crippen molar-refractivity contribution in [3.05, 3.63) is 29.3 Å². The van der Waals surface area contributed by atoms with Crippen LogP contribution in [0.5, 0.6) is 5.75 Å². The van der Waals surface area contributed by atoms with Gasteiger partial charge in [0, 0.05) is 6.61 Å². The molecule has 0 aliphatic carbocycles. The number of hydrogen-bond donors (Lipinski definition) is 4. The predicted octanol–water partition coefficient (Wildman–Crippen LogP) is 0.477. The first-order chi connectivity index (χ1) is 7.04. The highest BCUT2D eigenvalue weighted by Gasteiger charge is 2.18. The summed E-state index contributed by atoms with van der Waals surface area (Å²) in [5.74, 6) is 0.0558. The molecule has 1 rings (SSSR count). The summed E-state index contributed by atoms with van der Waals surface area (Å²) in [5.41, 5.74) is 1.26. The smallest absolute Gasteiger partial charge is 0.116 e. The Kier molecular flexibility index (Phi) is 4.08. The van der Waals surface area contributed by atoms with Crippen molar-refractivity contribution >= 4 is 0 Å². The molecule has 0 saturated heterocycles. The van der Waals surface area contributed by atoms with E-state index in [1.165, 1.54) is 6.07 Å². The quantitative estimate of drug-likeness (QED) is 0.585. The molecule has 0 radical (unpaired) electrons. The molecule has 0 saturated carbocycles. The molecule has 0 bridgehead atoms. The Morgan fingerprint density at radius 3 is 2.40 bits per heavy atom. The normalized spacial score (nSPS) is 14.9. The third-order valence-electron chi connectivity index (χ3n) is 2.22. The number of hydrogen-bond acceptors (Lipinski definition) is 4. The zero-order valence-electron chi connectivity index (χ0n) is 8.59. The molecule has 0 spiro atoms. The van der Waals surface area contributed by atoms with Crippen molar-refractivity contribution in [1.29, 1.82) is 0 Å². The average molecular weight is 212 g/mol. The summed E-state index contributed by atoms with van der Waals surface area (Å²) in [6, 6.07) is 4.65. The van der Waals surface area contributed by atoms with Crippen LogP contribution in [0, 0.1) is 6.92 Å². The molecular weight excluding hydrogens is 196 g/mol. The van der Waals surface area contributed by atoms with E-state index in [1.54, 1.807) is 19.1 Å². The minimum atomic E-state index is -1.08. The van der Waals surface area contributed by atoms with Gasteiger partial charge in [0.2, 0.25) is 0 Å². The second kappa shape index (κ2) is 5.11. The van der Waals surface area contributed by atoms with Gasteiger partial charge in [0.05, 0.1) is 6.10 Å².